The van der Waals surface area contributed by atoms with Crippen molar-refractivity contribution in [2.45, 2.75) is 18.6 Å². The van der Waals surface area contributed by atoms with Crippen LogP contribution in [-0.4, -0.2) is 34.4 Å². The van der Waals surface area contributed by atoms with Gasteiger partial charge in [0.2, 0.25) is 11.8 Å². The molecule has 2 amide bonds. The van der Waals surface area contributed by atoms with Gasteiger partial charge in [-0.3, -0.25) is 9.59 Å². The monoisotopic (exact) mass is 486 g/mol. The Morgan fingerprint density at radius 3 is 2.51 bits per heavy atom. The fraction of sp³-hybridized carbons (Fsp3) is 0.115. The summed E-state index contributed by atoms with van der Waals surface area (Å²) in [4.78, 5) is 36.9. The highest BCUT2D eigenvalue weighted by Crippen LogP contribution is 2.23. The Kier molecular flexibility index (Phi) is 7.69. The van der Waals surface area contributed by atoms with Crippen molar-refractivity contribution in [3.63, 3.8) is 0 Å². The molecule has 8 nitrogen and oxygen atoms in total. The smallest absolute Gasteiger partial charge is 0.343 e. The van der Waals surface area contributed by atoms with E-state index in [1.54, 1.807) is 48.5 Å². The van der Waals surface area contributed by atoms with Gasteiger partial charge in [-0.15, -0.1) is 5.10 Å². The van der Waals surface area contributed by atoms with Gasteiger partial charge in [-0.1, -0.05) is 59.8 Å². The average molecular weight is 487 g/mol. The third-order valence-corrected chi connectivity index (χ3v) is 6.03. The zero-order valence-corrected chi connectivity index (χ0v) is 19.6. The second-order valence-corrected chi connectivity index (χ2v) is 8.85. The maximum Gasteiger partial charge on any atom is 0.343 e. The summed E-state index contributed by atoms with van der Waals surface area (Å²) in [5.74, 6) is -0.717. The number of esters is 1. The first-order valence-corrected chi connectivity index (χ1v) is 11.7. The highest BCUT2D eigenvalue weighted by molar-refractivity contribution is 8.15. The molecule has 3 aromatic rings. The SMILES string of the molecule is Cc1ccc(C(=O)Oc2ccccc2/C=N/N=C2/NC(=O)C(CC(=O)Nc3ccccc3)S2)cc1. The number of carbonyl (C=O) groups is 3. The van der Waals surface area contributed by atoms with Crippen molar-refractivity contribution in [3.05, 3.63) is 95.6 Å². The van der Waals surface area contributed by atoms with Gasteiger partial charge in [-0.2, -0.15) is 5.10 Å². The Morgan fingerprint density at radius 2 is 1.74 bits per heavy atom. The maximum absolute atomic E-state index is 12.5. The van der Waals surface area contributed by atoms with E-state index >= 15 is 0 Å². The van der Waals surface area contributed by atoms with Gasteiger partial charge < -0.3 is 15.4 Å². The van der Waals surface area contributed by atoms with Gasteiger partial charge in [-0.05, 0) is 43.3 Å². The Bertz CT molecular complexity index is 1290. The minimum atomic E-state index is -0.601. The van der Waals surface area contributed by atoms with Crippen molar-refractivity contribution >= 4 is 46.6 Å². The van der Waals surface area contributed by atoms with E-state index in [-0.39, 0.29) is 23.4 Å². The first-order chi connectivity index (χ1) is 17.0. The van der Waals surface area contributed by atoms with Gasteiger partial charge in [0.1, 0.15) is 11.0 Å². The fourth-order valence-electron chi connectivity index (χ4n) is 3.16. The summed E-state index contributed by atoms with van der Waals surface area (Å²) in [5, 5.41) is 13.1. The average Bonchev–Trinajstić information content (AvgIpc) is 3.19. The molecule has 0 aromatic heterocycles. The molecule has 1 aliphatic rings. The molecule has 0 spiro atoms. The highest BCUT2D eigenvalue weighted by Gasteiger charge is 2.32. The first-order valence-electron chi connectivity index (χ1n) is 10.8. The summed E-state index contributed by atoms with van der Waals surface area (Å²) >= 11 is 1.14. The van der Waals surface area contributed by atoms with Crippen molar-refractivity contribution in [3.8, 4) is 5.75 Å². The lowest BCUT2D eigenvalue weighted by molar-refractivity contribution is -0.122. The number of rotatable bonds is 7. The number of thioether (sulfide) groups is 1. The Labute approximate surface area is 206 Å². The van der Waals surface area contributed by atoms with Gasteiger partial charge >= 0.3 is 5.97 Å². The lowest BCUT2D eigenvalue weighted by atomic mass is 10.1. The quantitative estimate of drug-likeness (QED) is 0.226. The highest BCUT2D eigenvalue weighted by atomic mass is 32.2. The van der Waals surface area contributed by atoms with E-state index in [2.05, 4.69) is 20.8 Å². The lowest BCUT2D eigenvalue weighted by Gasteiger charge is -2.07. The maximum atomic E-state index is 12.5. The van der Waals surface area contributed by atoms with E-state index in [1.807, 2.05) is 37.3 Å². The van der Waals surface area contributed by atoms with Crippen LogP contribution in [0, 0.1) is 6.92 Å². The molecule has 0 radical (unpaired) electrons. The lowest BCUT2D eigenvalue weighted by Crippen LogP contribution is -2.28. The number of ether oxygens (including phenoxy) is 1. The molecule has 1 aliphatic heterocycles. The number of hydrogen-bond acceptors (Lipinski definition) is 7. The van der Waals surface area contributed by atoms with Crippen LogP contribution in [0.3, 0.4) is 0 Å². The number of aryl methyl sites for hydroxylation is 1. The third-order valence-electron chi connectivity index (χ3n) is 4.96. The molecule has 1 heterocycles. The van der Waals surface area contributed by atoms with Crippen molar-refractivity contribution in [1.29, 1.82) is 0 Å². The number of anilines is 1. The van der Waals surface area contributed by atoms with E-state index in [1.165, 1.54) is 6.21 Å². The topological polar surface area (TPSA) is 109 Å². The summed E-state index contributed by atoms with van der Waals surface area (Å²) in [5.41, 5.74) is 2.70. The van der Waals surface area contributed by atoms with Crippen molar-refractivity contribution in [2.75, 3.05) is 5.32 Å². The number of hydrogen-bond donors (Lipinski definition) is 2. The molecular weight excluding hydrogens is 464 g/mol. The molecule has 0 aliphatic carbocycles. The van der Waals surface area contributed by atoms with Crippen LogP contribution in [0.1, 0.15) is 27.9 Å². The molecule has 35 heavy (non-hydrogen) atoms. The molecule has 1 fully saturated rings. The van der Waals surface area contributed by atoms with Crippen LogP contribution in [0.25, 0.3) is 0 Å². The number of amidine groups is 1. The molecule has 9 heteroatoms. The number of benzene rings is 3. The second-order valence-electron chi connectivity index (χ2n) is 7.66. The number of para-hydroxylation sites is 2. The van der Waals surface area contributed by atoms with E-state index < -0.39 is 11.2 Å². The molecule has 1 atom stereocenters. The summed E-state index contributed by atoms with van der Waals surface area (Å²) in [6.45, 7) is 1.94. The van der Waals surface area contributed by atoms with Crippen molar-refractivity contribution < 1.29 is 19.1 Å². The zero-order valence-electron chi connectivity index (χ0n) is 18.8. The molecule has 2 N–H and O–H groups in total. The normalized spacial score (nSPS) is 16.3. The van der Waals surface area contributed by atoms with Gasteiger partial charge in [0.05, 0.1) is 11.8 Å². The molecular formula is C26H22N4O4S. The minimum absolute atomic E-state index is 0.00588. The van der Waals surface area contributed by atoms with Gasteiger partial charge in [0.25, 0.3) is 0 Å². The Hall–Kier alpha value is -4.24. The summed E-state index contributed by atoms with van der Waals surface area (Å²) in [6, 6.07) is 23.1. The zero-order chi connectivity index (χ0) is 24.6. The number of carbonyl (C=O) groups excluding carboxylic acids is 3. The second kappa shape index (κ2) is 11.3. The molecule has 1 saturated heterocycles. The predicted octanol–water partition coefficient (Wildman–Crippen LogP) is 4.16. The minimum Gasteiger partial charge on any atom is -0.422 e. The number of amides is 2. The largest absolute Gasteiger partial charge is 0.422 e. The number of nitrogens with zero attached hydrogens (tertiary/aromatic N) is 2. The van der Waals surface area contributed by atoms with Crippen LogP contribution < -0.4 is 15.4 Å². The summed E-state index contributed by atoms with van der Waals surface area (Å²) in [7, 11) is 0. The predicted molar refractivity (Wildman–Crippen MR) is 137 cm³/mol. The molecule has 1 unspecified atom stereocenters. The van der Waals surface area contributed by atoms with Gasteiger partial charge in [0, 0.05) is 17.7 Å². The Balaban J connectivity index is 1.36. The molecule has 0 bridgehead atoms. The first kappa shape index (κ1) is 23.9. The van der Waals surface area contributed by atoms with Gasteiger partial charge in [-0.25, -0.2) is 4.79 Å². The molecule has 0 saturated carbocycles. The standard InChI is InChI=1S/C26H22N4O4S/c1-17-11-13-18(14-12-17)25(33)34-21-10-6-5-7-19(21)16-27-30-26-29-24(32)22(35-26)15-23(31)28-20-8-3-2-4-9-20/h2-14,16,22H,15H2,1H3,(H,28,31)(H,29,30,32)/b27-16+. The van der Waals surface area contributed by atoms with Crippen molar-refractivity contribution in [2.24, 2.45) is 10.2 Å². The summed E-state index contributed by atoms with van der Waals surface area (Å²) < 4.78 is 5.52. The van der Waals surface area contributed by atoms with Crippen LogP contribution >= 0.6 is 11.8 Å². The Morgan fingerprint density at radius 1 is 1.03 bits per heavy atom. The van der Waals surface area contributed by atoms with Crippen LogP contribution in [-0.2, 0) is 9.59 Å². The van der Waals surface area contributed by atoms with E-state index in [0.717, 1.165) is 17.3 Å². The molecule has 3 aromatic carbocycles. The van der Waals surface area contributed by atoms with E-state index in [9.17, 15) is 14.4 Å². The third kappa shape index (κ3) is 6.64. The fourth-order valence-corrected chi connectivity index (χ4v) is 4.08. The molecule has 4 rings (SSSR count). The van der Waals surface area contributed by atoms with Crippen LogP contribution in [0.15, 0.2) is 89.1 Å². The van der Waals surface area contributed by atoms with Crippen LogP contribution in [0.2, 0.25) is 0 Å². The van der Waals surface area contributed by atoms with E-state index in [0.29, 0.717) is 22.6 Å². The summed E-state index contributed by atoms with van der Waals surface area (Å²) in [6.07, 6.45) is 1.44. The van der Waals surface area contributed by atoms with E-state index in [4.69, 9.17) is 4.74 Å². The van der Waals surface area contributed by atoms with Crippen molar-refractivity contribution in [1.82, 2.24) is 5.32 Å². The van der Waals surface area contributed by atoms with Crippen LogP contribution in [0.5, 0.6) is 5.75 Å². The van der Waals surface area contributed by atoms with Crippen LogP contribution in [0.4, 0.5) is 5.69 Å². The number of nitrogens with one attached hydrogen (secondary N) is 2. The van der Waals surface area contributed by atoms with Gasteiger partial charge in [0.15, 0.2) is 5.17 Å². The molecule has 176 valence electrons.